The van der Waals surface area contributed by atoms with E-state index < -0.39 is 35.3 Å². The van der Waals surface area contributed by atoms with Gasteiger partial charge in [0.15, 0.2) is 11.6 Å². The zero-order chi connectivity index (χ0) is 12.5. The summed E-state index contributed by atoms with van der Waals surface area (Å²) in [4.78, 5) is 10.9. The molecule has 0 saturated carbocycles. The molecule has 0 aromatic heterocycles. The van der Waals surface area contributed by atoms with Crippen LogP contribution in [0.3, 0.4) is 0 Å². The van der Waals surface area contributed by atoms with Crippen molar-refractivity contribution in [1.82, 2.24) is 0 Å². The lowest BCUT2D eigenvalue weighted by molar-refractivity contribution is -0.140. The van der Waals surface area contributed by atoms with E-state index in [1.807, 2.05) is 0 Å². The van der Waals surface area contributed by atoms with Gasteiger partial charge in [0.25, 0.3) is 0 Å². The summed E-state index contributed by atoms with van der Waals surface area (Å²) in [5.74, 6) is -6.48. The van der Waals surface area contributed by atoms with Gasteiger partial charge in [0, 0.05) is 11.6 Å². The van der Waals surface area contributed by atoms with Crippen molar-refractivity contribution in [3.8, 4) is 0 Å². The second-order valence-corrected chi connectivity index (χ2v) is 3.85. The average Bonchev–Trinajstić information content (AvgIpc) is 2.12. The van der Waals surface area contributed by atoms with E-state index in [0.717, 1.165) is 0 Å². The second kappa shape index (κ2) is 4.55. The first-order valence-corrected chi connectivity index (χ1v) is 4.71. The minimum absolute atomic E-state index is 0.332. The molecule has 1 aromatic carbocycles. The molecule has 0 aliphatic rings. The van der Waals surface area contributed by atoms with Gasteiger partial charge in [-0.05, 0) is 12.0 Å². The summed E-state index contributed by atoms with van der Waals surface area (Å²) in [5, 5.41) is 8.90. The molecular formula is C11H11F3O2. The Bertz CT molecular complexity index is 416. The Labute approximate surface area is 90.7 Å². The first-order chi connectivity index (χ1) is 7.34. The van der Waals surface area contributed by atoms with Crippen LogP contribution in [0.2, 0.25) is 0 Å². The Balaban J connectivity index is 3.30. The minimum atomic E-state index is -1.32. The highest BCUT2D eigenvalue weighted by molar-refractivity contribution is 5.76. The molecule has 0 fully saturated rings. The van der Waals surface area contributed by atoms with Crippen LogP contribution in [-0.4, -0.2) is 11.1 Å². The Hall–Kier alpha value is -1.52. The fraction of sp³-hybridized carbons (Fsp3) is 0.364. The van der Waals surface area contributed by atoms with Gasteiger partial charge in [-0.1, -0.05) is 13.8 Å². The molecule has 1 rings (SSSR count). The predicted octanol–water partition coefficient (Wildman–Crippen LogP) is 2.93. The summed E-state index contributed by atoms with van der Waals surface area (Å²) in [5.41, 5.74) is -0.332. The van der Waals surface area contributed by atoms with Gasteiger partial charge in [-0.25, -0.2) is 13.2 Å². The Kier molecular flexibility index (Phi) is 3.57. The summed E-state index contributed by atoms with van der Waals surface area (Å²) >= 11 is 0. The van der Waals surface area contributed by atoms with Gasteiger partial charge in [-0.2, -0.15) is 0 Å². The summed E-state index contributed by atoms with van der Waals surface area (Å²) in [6.07, 6.45) is 0. The van der Waals surface area contributed by atoms with E-state index in [4.69, 9.17) is 5.11 Å². The van der Waals surface area contributed by atoms with Gasteiger partial charge >= 0.3 is 5.97 Å². The molecule has 1 aromatic rings. The third kappa shape index (κ3) is 2.35. The van der Waals surface area contributed by atoms with Crippen molar-refractivity contribution in [1.29, 1.82) is 0 Å². The van der Waals surface area contributed by atoms with Crippen LogP contribution in [0, 0.1) is 23.4 Å². The highest BCUT2D eigenvalue weighted by Gasteiger charge is 2.27. The lowest BCUT2D eigenvalue weighted by Crippen LogP contribution is -2.19. The molecule has 0 spiro atoms. The van der Waals surface area contributed by atoms with Crippen molar-refractivity contribution in [2.75, 3.05) is 0 Å². The summed E-state index contributed by atoms with van der Waals surface area (Å²) in [6.45, 7) is 3.14. The van der Waals surface area contributed by atoms with Crippen molar-refractivity contribution in [3.05, 3.63) is 35.1 Å². The van der Waals surface area contributed by atoms with E-state index in [2.05, 4.69) is 0 Å². The fourth-order valence-electron chi connectivity index (χ4n) is 1.55. The number of hydrogen-bond donors (Lipinski definition) is 1. The first-order valence-electron chi connectivity index (χ1n) is 4.71. The largest absolute Gasteiger partial charge is 0.481 e. The maximum atomic E-state index is 13.3. The van der Waals surface area contributed by atoms with Crippen molar-refractivity contribution >= 4 is 5.97 Å². The molecule has 1 atom stereocenters. The zero-order valence-corrected chi connectivity index (χ0v) is 8.80. The number of aliphatic carboxylic acids is 1. The molecule has 0 heterocycles. The quantitative estimate of drug-likeness (QED) is 0.813. The monoisotopic (exact) mass is 232 g/mol. The van der Waals surface area contributed by atoms with Gasteiger partial charge < -0.3 is 5.11 Å². The number of benzene rings is 1. The molecule has 5 heteroatoms. The highest BCUT2D eigenvalue weighted by atomic mass is 19.2. The normalized spacial score (nSPS) is 12.9. The van der Waals surface area contributed by atoms with Gasteiger partial charge in [0.1, 0.15) is 5.82 Å². The first kappa shape index (κ1) is 12.5. The van der Waals surface area contributed by atoms with Crippen LogP contribution in [0.15, 0.2) is 12.1 Å². The number of carboxylic acid groups (broad SMARTS) is 1. The molecule has 0 aliphatic carbocycles. The number of rotatable bonds is 3. The zero-order valence-electron chi connectivity index (χ0n) is 8.80. The topological polar surface area (TPSA) is 37.3 Å². The molecule has 0 amide bonds. The Morgan fingerprint density at radius 3 is 2.06 bits per heavy atom. The number of carbonyl (C=O) groups is 1. The van der Waals surface area contributed by atoms with Gasteiger partial charge in [0.05, 0.1) is 5.92 Å². The molecule has 88 valence electrons. The van der Waals surface area contributed by atoms with E-state index >= 15 is 0 Å². The molecule has 1 N–H and O–H groups in total. The molecule has 0 radical (unpaired) electrons. The third-order valence-electron chi connectivity index (χ3n) is 2.31. The summed E-state index contributed by atoms with van der Waals surface area (Å²) < 4.78 is 38.9. The molecule has 0 bridgehead atoms. The molecule has 2 nitrogen and oxygen atoms in total. The Morgan fingerprint density at radius 1 is 1.12 bits per heavy atom. The van der Waals surface area contributed by atoms with Gasteiger partial charge in [-0.3, -0.25) is 4.79 Å². The highest BCUT2D eigenvalue weighted by Crippen LogP contribution is 2.28. The lowest BCUT2D eigenvalue weighted by Gasteiger charge is -2.17. The van der Waals surface area contributed by atoms with E-state index in [0.29, 0.717) is 12.1 Å². The van der Waals surface area contributed by atoms with Crippen LogP contribution in [0.4, 0.5) is 13.2 Å². The summed E-state index contributed by atoms with van der Waals surface area (Å²) in [7, 11) is 0. The number of hydrogen-bond acceptors (Lipinski definition) is 1. The maximum Gasteiger partial charge on any atom is 0.311 e. The number of carboxylic acids is 1. The minimum Gasteiger partial charge on any atom is -0.481 e. The van der Waals surface area contributed by atoms with Crippen molar-refractivity contribution in [2.24, 2.45) is 5.92 Å². The van der Waals surface area contributed by atoms with Crippen molar-refractivity contribution in [3.63, 3.8) is 0 Å². The van der Waals surface area contributed by atoms with Gasteiger partial charge in [-0.15, -0.1) is 0 Å². The van der Waals surface area contributed by atoms with Gasteiger partial charge in [0.2, 0.25) is 0 Å². The van der Waals surface area contributed by atoms with E-state index in [1.54, 1.807) is 13.8 Å². The van der Waals surface area contributed by atoms with Crippen molar-refractivity contribution in [2.45, 2.75) is 19.8 Å². The van der Waals surface area contributed by atoms with E-state index in [9.17, 15) is 18.0 Å². The van der Waals surface area contributed by atoms with Crippen LogP contribution in [-0.2, 0) is 4.79 Å². The molecule has 0 saturated heterocycles. The van der Waals surface area contributed by atoms with Crippen molar-refractivity contribution < 1.29 is 23.1 Å². The maximum absolute atomic E-state index is 13.3. The van der Waals surface area contributed by atoms with Crippen LogP contribution in [0.1, 0.15) is 25.3 Å². The van der Waals surface area contributed by atoms with Crippen LogP contribution >= 0.6 is 0 Å². The van der Waals surface area contributed by atoms with Crippen LogP contribution in [0.5, 0.6) is 0 Å². The molecule has 16 heavy (non-hydrogen) atoms. The van der Waals surface area contributed by atoms with E-state index in [1.165, 1.54) is 0 Å². The van der Waals surface area contributed by atoms with Crippen LogP contribution in [0.25, 0.3) is 0 Å². The molecular weight excluding hydrogens is 221 g/mol. The average molecular weight is 232 g/mol. The SMILES string of the molecule is CC(C)C(C(=O)O)c1cc(F)c(F)cc1F. The smallest absolute Gasteiger partial charge is 0.311 e. The standard InChI is InChI=1S/C11H11F3O2/c1-5(2)10(11(15)16)6-3-8(13)9(14)4-7(6)12/h3-5,10H,1-2H3,(H,15,16). The lowest BCUT2D eigenvalue weighted by atomic mass is 9.88. The third-order valence-corrected chi connectivity index (χ3v) is 2.31. The van der Waals surface area contributed by atoms with Crippen LogP contribution < -0.4 is 0 Å². The second-order valence-electron chi connectivity index (χ2n) is 3.85. The summed E-state index contributed by atoms with van der Waals surface area (Å²) in [6, 6.07) is 0.965. The fourth-order valence-corrected chi connectivity index (χ4v) is 1.55. The Morgan fingerprint density at radius 2 is 1.62 bits per heavy atom. The van der Waals surface area contributed by atoms with E-state index in [-0.39, 0.29) is 5.56 Å². The predicted molar refractivity (Wildman–Crippen MR) is 51.5 cm³/mol. The number of halogens is 3. The molecule has 1 unspecified atom stereocenters. The molecule has 0 aliphatic heterocycles.